The number of hydrogen-bond acceptors (Lipinski definition) is 5. The minimum absolute atomic E-state index is 0.0136. The number of pyridine rings is 1. The largest absolute Gasteiger partial charge is 0.339 e. The average molecular weight is 377 g/mol. The predicted octanol–water partition coefficient (Wildman–Crippen LogP) is 3.84. The topological polar surface area (TPSA) is 84.2 Å². The fourth-order valence-corrected chi connectivity index (χ4v) is 3.49. The normalized spacial score (nSPS) is 15.3. The molecule has 1 aliphatic rings. The smallest absolute Gasteiger partial charge is 0.323 e. The number of aryl methyl sites for hydroxylation is 3. The van der Waals surface area contributed by atoms with E-state index in [1.807, 2.05) is 38.1 Å². The SMILES string of the molecule is CCc1nc(-c2ccc3c(c2)CC[C@H]3NC(=O)N(C)c2cccc(C)n2)no1. The average Bonchev–Trinajstić information content (AvgIpc) is 3.34. The third kappa shape index (κ3) is 3.47. The van der Waals surface area contributed by atoms with E-state index in [2.05, 4.69) is 32.6 Å². The second-order valence-electron chi connectivity index (χ2n) is 7.02. The van der Waals surface area contributed by atoms with Crippen molar-refractivity contribution in [1.29, 1.82) is 0 Å². The van der Waals surface area contributed by atoms with Gasteiger partial charge in [0, 0.05) is 24.7 Å². The van der Waals surface area contributed by atoms with E-state index in [0.29, 0.717) is 17.5 Å². The first-order valence-electron chi connectivity index (χ1n) is 9.49. The minimum atomic E-state index is -0.161. The lowest BCUT2D eigenvalue weighted by molar-refractivity contribution is 0.243. The Labute approximate surface area is 163 Å². The third-order valence-corrected chi connectivity index (χ3v) is 5.07. The highest BCUT2D eigenvalue weighted by molar-refractivity contribution is 5.90. The van der Waals surface area contributed by atoms with Crippen LogP contribution in [-0.4, -0.2) is 28.2 Å². The van der Waals surface area contributed by atoms with Crippen LogP contribution in [0.25, 0.3) is 11.4 Å². The Hall–Kier alpha value is -3.22. The first-order chi connectivity index (χ1) is 13.5. The quantitative estimate of drug-likeness (QED) is 0.747. The number of amides is 2. The second-order valence-corrected chi connectivity index (χ2v) is 7.02. The number of rotatable bonds is 4. The Morgan fingerprint density at radius 2 is 2.14 bits per heavy atom. The maximum atomic E-state index is 12.7. The van der Waals surface area contributed by atoms with Crippen molar-refractivity contribution in [2.75, 3.05) is 11.9 Å². The summed E-state index contributed by atoms with van der Waals surface area (Å²) in [5, 5.41) is 7.17. The zero-order chi connectivity index (χ0) is 19.7. The summed E-state index contributed by atoms with van der Waals surface area (Å²) >= 11 is 0. The van der Waals surface area contributed by atoms with Gasteiger partial charge in [-0.1, -0.05) is 30.3 Å². The molecule has 7 heteroatoms. The molecule has 0 aliphatic heterocycles. The molecule has 7 nitrogen and oxygen atoms in total. The van der Waals surface area contributed by atoms with Crippen LogP contribution in [0.1, 0.15) is 42.1 Å². The number of fused-ring (bicyclic) bond motifs is 1. The van der Waals surface area contributed by atoms with Crippen molar-refractivity contribution in [2.45, 2.75) is 39.2 Å². The van der Waals surface area contributed by atoms with Gasteiger partial charge in [0.2, 0.25) is 11.7 Å². The number of carbonyl (C=O) groups excluding carboxylic acids is 1. The van der Waals surface area contributed by atoms with E-state index in [1.165, 1.54) is 5.56 Å². The number of nitrogens with zero attached hydrogens (tertiary/aromatic N) is 4. The minimum Gasteiger partial charge on any atom is -0.339 e. The molecule has 28 heavy (non-hydrogen) atoms. The zero-order valence-electron chi connectivity index (χ0n) is 16.3. The van der Waals surface area contributed by atoms with Crippen LogP contribution >= 0.6 is 0 Å². The maximum Gasteiger partial charge on any atom is 0.323 e. The van der Waals surface area contributed by atoms with Crippen molar-refractivity contribution in [3.8, 4) is 11.4 Å². The van der Waals surface area contributed by atoms with Crippen LogP contribution in [0.15, 0.2) is 40.9 Å². The van der Waals surface area contributed by atoms with Gasteiger partial charge in [-0.2, -0.15) is 4.98 Å². The van der Waals surface area contributed by atoms with Gasteiger partial charge in [0.15, 0.2) is 0 Å². The highest BCUT2D eigenvalue weighted by atomic mass is 16.5. The highest BCUT2D eigenvalue weighted by Crippen LogP contribution is 2.34. The van der Waals surface area contributed by atoms with Crippen LogP contribution in [-0.2, 0) is 12.8 Å². The Bertz CT molecular complexity index is 1010. The van der Waals surface area contributed by atoms with Crippen molar-refractivity contribution in [3.63, 3.8) is 0 Å². The number of hydrogen-bond donors (Lipinski definition) is 1. The molecule has 1 atom stereocenters. The van der Waals surface area contributed by atoms with Crippen LogP contribution in [0.5, 0.6) is 0 Å². The molecule has 0 radical (unpaired) electrons. The Morgan fingerprint density at radius 3 is 2.89 bits per heavy atom. The van der Waals surface area contributed by atoms with E-state index < -0.39 is 0 Å². The molecular weight excluding hydrogens is 354 g/mol. The van der Waals surface area contributed by atoms with E-state index in [4.69, 9.17) is 4.52 Å². The Morgan fingerprint density at radius 1 is 1.29 bits per heavy atom. The fraction of sp³-hybridized carbons (Fsp3) is 0.333. The van der Waals surface area contributed by atoms with E-state index in [1.54, 1.807) is 11.9 Å². The molecule has 4 rings (SSSR count). The number of nitrogens with one attached hydrogen (secondary N) is 1. The third-order valence-electron chi connectivity index (χ3n) is 5.07. The van der Waals surface area contributed by atoms with Gasteiger partial charge in [-0.15, -0.1) is 0 Å². The Balaban J connectivity index is 1.49. The highest BCUT2D eigenvalue weighted by Gasteiger charge is 2.26. The molecule has 0 saturated heterocycles. The van der Waals surface area contributed by atoms with Gasteiger partial charge >= 0.3 is 6.03 Å². The van der Waals surface area contributed by atoms with Crippen LogP contribution in [0.4, 0.5) is 10.6 Å². The van der Waals surface area contributed by atoms with Gasteiger partial charge in [-0.3, -0.25) is 4.90 Å². The molecule has 0 unspecified atom stereocenters. The lowest BCUT2D eigenvalue weighted by Crippen LogP contribution is -2.39. The van der Waals surface area contributed by atoms with Gasteiger partial charge in [-0.25, -0.2) is 9.78 Å². The molecule has 2 heterocycles. The van der Waals surface area contributed by atoms with Crippen molar-refractivity contribution >= 4 is 11.8 Å². The van der Waals surface area contributed by atoms with Crippen molar-refractivity contribution < 1.29 is 9.32 Å². The standard InChI is InChI=1S/C21H23N5O2/c1-4-19-24-20(25-28-19)15-8-10-16-14(12-15)9-11-17(16)23-21(27)26(3)18-7-5-6-13(2)22-18/h5-8,10,12,17H,4,9,11H2,1-3H3,(H,23,27)/t17-/m1/s1. The van der Waals surface area contributed by atoms with Gasteiger partial charge in [0.25, 0.3) is 0 Å². The summed E-state index contributed by atoms with van der Waals surface area (Å²) in [7, 11) is 1.73. The van der Waals surface area contributed by atoms with Crippen LogP contribution in [0.2, 0.25) is 0 Å². The first kappa shape index (κ1) is 18.2. The summed E-state index contributed by atoms with van der Waals surface area (Å²) in [5.74, 6) is 1.88. The molecule has 144 valence electrons. The molecule has 0 fully saturated rings. The summed E-state index contributed by atoms with van der Waals surface area (Å²) in [6, 6.07) is 11.6. The van der Waals surface area contributed by atoms with E-state index in [9.17, 15) is 4.79 Å². The molecule has 3 aromatic rings. The number of carbonyl (C=O) groups is 1. The molecule has 1 N–H and O–H groups in total. The fourth-order valence-electron chi connectivity index (χ4n) is 3.49. The predicted molar refractivity (Wildman–Crippen MR) is 106 cm³/mol. The molecule has 0 bridgehead atoms. The lowest BCUT2D eigenvalue weighted by Gasteiger charge is -2.21. The first-order valence-corrected chi connectivity index (χ1v) is 9.49. The summed E-state index contributed by atoms with van der Waals surface area (Å²) in [4.78, 5) is 23.0. The second kappa shape index (κ2) is 7.42. The van der Waals surface area contributed by atoms with Crippen LogP contribution in [0.3, 0.4) is 0 Å². The molecule has 0 spiro atoms. The summed E-state index contributed by atoms with van der Waals surface area (Å²) in [6.07, 6.45) is 2.49. The van der Waals surface area contributed by atoms with E-state index in [-0.39, 0.29) is 12.1 Å². The monoisotopic (exact) mass is 377 g/mol. The summed E-state index contributed by atoms with van der Waals surface area (Å²) < 4.78 is 5.21. The molecule has 1 aliphatic carbocycles. The van der Waals surface area contributed by atoms with Crippen LogP contribution in [0, 0.1) is 6.92 Å². The van der Waals surface area contributed by atoms with Gasteiger partial charge in [-0.05, 0) is 49.1 Å². The molecular formula is C21H23N5O2. The van der Waals surface area contributed by atoms with Crippen molar-refractivity contribution in [3.05, 3.63) is 59.1 Å². The van der Waals surface area contributed by atoms with Gasteiger partial charge < -0.3 is 9.84 Å². The van der Waals surface area contributed by atoms with Gasteiger partial charge in [0.05, 0.1) is 6.04 Å². The number of urea groups is 1. The van der Waals surface area contributed by atoms with Crippen molar-refractivity contribution in [1.82, 2.24) is 20.4 Å². The molecule has 1 aromatic carbocycles. The summed E-state index contributed by atoms with van der Waals surface area (Å²) in [6.45, 7) is 3.89. The maximum absolute atomic E-state index is 12.7. The lowest BCUT2D eigenvalue weighted by atomic mass is 10.0. The van der Waals surface area contributed by atoms with Crippen molar-refractivity contribution in [2.24, 2.45) is 0 Å². The van der Waals surface area contributed by atoms with E-state index >= 15 is 0 Å². The molecule has 2 amide bonds. The zero-order valence-corrected chi connectivity index (χ0v) is 16.3. The summed E-state index contributed by atoms with van der Waals surface area (Å²) in [5.41, 5.74) is 4.17. The number of anilines is 1. The number of benzene rings is 1. The van der Waals surface area contributed by atoms with E-state index in [0.717, 1.165) is 36.1 Å². The number of aromatic nitrogens is 3. The molecule has 0 saturated carbocycles. The van der Waals surface area contributed by atoms with Gasteiger partial charge in [0.1, 0.15) is 5.82 Å². The van der Waals surface area contributed by atoms with Crippen LogP contribution < -0.4 is 10.2 Å². The molecule has 2 aromatic heterocycles. The Kier molecular flexibility index (Phi) is 4.81.